The second kappa shape index (κ2) is 6.83. The van der Waals surface area contributed by atoms with Crippen LogP contribution in [0.5, 0.6) is 0 Å². The maximum absolute atomic E-state index is 13.5. The van der Waals surface area contributed by atoms with Gasteiger partial charge in [0.2, 0.25) is 5.91 Å². The van der Waals surface area contributed by atoms with Crippen molar-refractivity contribution in [3.8, 4) is 0 Å². The van der Waals surface area contributed by atoms with Gasteiger partial charge in [0.25, 0.3) is 5.91 Å². The summed E-state index contributed by atoms with van der Waals surface area (Å²) in [4.78, 5) is 34.0. The summed E-state index contributed by atoms with van der Waals surface area (Å²) >= 11 is 0. The summed E-state index contributed by atoms with van der Waals surface area (Å²) in [6.45, 7) is 4.53. The Bertz CT molecular complexity index is 572. The SMILES string of the molecule is CC(=O)Nc1cc(C(=O)N[C@H](C(=O)O)C(C)C)ccc1F. The highest BCUT2D eigenvalue weighted by molar-refractivity contribution is 5.98. The minimum atomic E-state index is -1.15. The first-order valence-electron chi connectivity index (χ1n) is 6.33. The summed E-state index contributed by atoms with van der Waals surface area (Å²) in [5.41, 5.74) is -0.0707. The average Bonchev–Trinajstić information content (AvgIpc) is 2.36. The molecule has 0 radical (unpaired) electrons. The summed E-state index contributed by atoms with van der Waals surface area (Å²) in [5.74, 6) is -3.26. The normalized spacial score (nSPS) is 11.9. The summed E-state index contributed by atoms with van der Waals surface area (Å²) < 4.78 is 13.5. The van der Waals surface area contributed by atoms with Crippen molar-refractivity contribution in [3.63, 3.8) is 0 Å². The van der Waals surface area contributed by atoms with Crippen molar-refractivity contribution in [3.05, 3.63) is 29.6 Å². The molecule has 0 saturated heterocycles. The zero-order valence-electron chi connectivity index (χ0n) is 11.9. The number of amides is 2. The molecule has 1 aromatic rings. The number of carboxylic acids is 1. The summed E-state index contributed by atoms with van der Waals surface area (Å²) in [6, 6.07) is 2.36. The lowest BCUT2D eigenvalue weighted by molar-refractivity contribution is -0.140. The summed E-state index contributed by atoms with van der Waals surface area (Å²) in [7, 11) is 0. The number of carboxylic acid groups (broad SMARTS) is 1. The molecule has 3 N–H and O–H groups in total. The van der Waals surface area contributed by atoms with E-state index in [4.69, 9.17) is 5.11 Å². The van der Waals surface area contributed by atoms with Crippen molar-refractivity contribution in [1.29, 1.82) is 0 Å². The van der Waals surface area contributed by atoms with Crippen molar-refractivity contribution in [2.24, 2.45) is 5.92 Å². The highest BCUT2D eigenvalue weighted by atomic mass is 19.1. The molecule has 0 aliphatic heterocycles. The van der Waals surface area contributed by atoms with Crippen molar-refractivity contribution >= 4 is 23.5 Å². The van der Waals surface area contributed by atoms with Gasteiger partial charge in [-0.05, 0) is 24.1 Å². The van der Waals surface area contributed by atoms with Crippen LogP contribution in [0, 0.1) is 11.7 Å². The van der Waals surface area contributed by atoms with Crippen LogP contribution in [0.1, 0.15) is 31.1 Å². The fourth-order valence-electron chi connectivity index (χ4n) is 1.69. The first-order chi connectivity index (χ1) is 9.72. The minimum absolute atomic E-state index is 0.0621. The van der Waals surface area contributed by atoms with E-state index in [2.05, 4.69) is 10.6 Å². The first kappa shape index (κ1) is 16.6. The molecule has 6 nitrogen and oxygen atoms in total. The van der Waals surface area contributed by atoms with Crippen LogP contribution in [0.2, 0.25) is 0 Å². The molecule has 114 valence electrons. The molecule has 0 aliphatic carbocycles. The van der Waals surface area contributed by atoms with E-state index in [0.717, 1.165) is 12.1 Å². The Balaban J connectivity index is 2.97. The van der Waals surface area contributed by atoms with E-state index >= 15 is 0 Å². The van der Waals surface area contributed by atoms with Gasteiger partial charge in [0.15, 0.2) is 0 Å². The van der Waals surface area contributed by atoms with Gasteiger partial charge in [-0.1, -0.05) is 13.8 Å². The predicted octanol–water partition coefficient (Wildman–Crippen LogP) is 1.62. The van der Waals surface area contributed by atoms with Crippen LogP contribution in [0.25, 0.3) is 0 Å². The highest BCUT2D eigenvalue weighted by Crippen LogP contribution is 2.16. The van der Waals surface area contributed by atoms with E-state index in [0.29, 0.717) is 0 Å². The number of carbonyl (C=O) groups is 3. The first-order valence-corrected chi connectivity index (χ1v) is 6.33. The van der Waals surface area contributed by atoms with Crippen LogP contribution in [0.4, 0.5) is 10.1 Å². The molecule has 0 bridgehead atoms. The van der Waals surface area contributed by atoms with Gasteiger partial charge in [0.1, 0.15) is 11.9 Å². The predicted molar refractivity (Wildman–Crippen MR) is 74.4 cm³/mol. The molecule has 0 spiro atoms. The van der Waals surface area contributed by atoms with Crippen LogP contribution >= 0.6 is 0 Å². The Kier molecular flexibility index (Phi) is 5.40. The molecular weight excluding hydrogens is 279 g/mol. The number of aliphatic carboxylic acids is 1. The van der Waals surface area contributed by atoms with E-state index < -0.39 is 29.6 Å². The number of benzene rings is 1. The van der Waals surface area contributed by atoms with Crippen molar-refractivity contribution in [1.82, 2.24) is 5.32 Å². The van der Waals surface area contributed by atoms with Crippen LogP contribution in [-0.2, 0) is 9.59 Å². The Morgan fingerprint density at radius 1 is 1.24 bits per heavy atom. The third-order valence-corrected chi connectivity index (χ3v) is 2.76. The Morgan fingerprint density at radius 2 is 1.86 bits per heavy atom. The monoisotopic (exact) mass is 296 g/mol. The molecule has 0 fully saturated rings. The van der Waals surface area contributed by atoms with E-state index in [9.17, 15) is 18.8 Å². The second-order valence-electron chi connectivity index (χ2n) is 4.91. The van der Waals surface area contributed by atoms with Crippen molar-refractivity contribution in [2.75, 3.05) is 5.32 Å². The number of nitrogens with one attached hydrogen (secondary N) is 2. The van der Waals surface area contributed by atoms with Gasteiger partial charge in [-0.2, -0.15) is 0 Å². The lowest BCUT2D eigenvalue weighted by Crippen LogP contribution is -2.44. The van der Waals surface area contributed by atoms with Gasteiger partial charge in [-0.3, -0.25) is 9.59 Å². The second-order valence-corrected chi connectivity index (χ2v) is 4.91. The molecule has 1 atom stereocenters. The van der Waals surface area contributed by atoms with Crippen LogP contribution < -0.4 is 10.6 Å². The van der Waals surface area contributed by atoms with E-state index in [1.54, 1.807) is 13.8 Å². The summed E-state index contributed by atoms with van der Waals surface area (Å²) in [5, 5.41) is 13.6. The Hall–Kier alpha value is -2.44. The molecule has 0 heterocycles. The van der Waals surface area contributed by atoms with E-state index in [1.165, 1.54) is 13.0 Å². The van der Waals surface area contributed by atoms with Crippen LogP contribution in [0.15, 0.2) is 18.2 Å². The fraction of sp³-hybridized carbons (Fsp3) is 0.357. The molecule has 0 aromatic heterocycles. The zero-order chi connectivity index (χ0) is 16.2. The Labute approximate surface area is 121 Å². The standard InChI is InChI=1S/C14H17FN2O4/c1-7(2)12(14(20)21)17-13(19)9-4-5-10(15)11(6-9)16-8(3)18/h4-7,12H,1-3H3,(H,16,18)(H,17,19)(H,20,21)/t12-/m0/s1. The third kappa shape index (κ3) is 4.55. The fourth-order valence-corrected chi connectivity index (χ4v) is 1.69. The van der Waals surface area contributed by atoms with E-state index in [1.807, 2.05) is 0 Å². The number of anilines is 1. The number of rotatable bonds is 5. The van der Waals surface area contributed by atoms with Gasteiger partial charge in [0, 0.05) is 12.5 Å². The van der Waals surface area contributed by atoms with Crippen LogP contribution in [0.3, 0.4) is 0 Å². The number of hydrogen-bond donors (Lipinski definition) is 3. The van der Waals surface area contributed by atoms with Gasteiger partial charge in [0.05, 0.1) is 5.69 Å². The van der Waals surface area contributed by atoms with Crippen LogP contribution in [-0.4, -0.2) is 28.9 Å². The lowest BCUT2D eigenvalue weighted by atomic mass is 10.0. The number of halogens is 1. The molecule has 0 unspecified atom stereocenters. The van der Waals surface area contributed by atoms with Crippen molar-refractivity contribution in [2.45, 2.75) is 26.8 Å². The maximum atomic E-state index is 13.5. The molecule has 2 amide bonds. The van der Waals surface area contributed by atoms with Gasteiger partial charge in [-0.25, -0.2) is 9.18 Å². The van der Waals surface area contributed by atoms with E-state index in [-0.39, 0.29) is 17.2 Å². The maximum Gasteiger partial charge on any atom is 0.326 e. The molecule has 0 aliphatic rings. The number of carbonyl (C=O) groups excluding carboxylic acids is 2. The summed E-state index contributed by atoms with van der Waals surface area (Å²) in [6.07, 6.45) is 0. The largest absolute Gasteiger partial charge is 0.480 e. The van der Waals surface area contributed by atoms with Crippen molar-refractivity contribution < 1.29 is 23.9 Å². The number of hydrogen-bond acceptors (Lipinski definition) is 3. The molecule has 1 rings (SSSR count). The molecule has 0 saturated carbocycles. The highest BCUT2D eigenvalue weighted by Gasteiger charge is 2.24. The third-order valence-electron chi connectivity index (χ3n) is 2.76. The van der Waals surface area contributed by atoms with Gasteiger partial charge < -0.3 is 15.7 Å². The lowest BCUT2D eigenvalue weighted by Gasteiger charge is -2.18. The zero-order valence-corrected chi connectivity index (χ0v) is 11.9. The topological polar surface area (TPSA) is 95.5 Å². The van der Waals surface area contributed by atoms with Gasteiger partial charge >= 0.3 is 5.97 Å². The molecule has 21 heavy (non-hydrogen) atoms. The van der Waals surface area contributed by atoms with Gasteiger partial charge in [-0.15, -0.1) is 0 Å². The quantitative estimate of drug-likeness (QED) is 0.769. The average molecular weight is 296 g/mol. The molecular formula is C14H17FN2O4. The Morgan fingerprint density at radius 3 is 2.33 bits per heavy atom. The minimum Gasteiger partial charge on any atom is -0.480 e. The molecule has 1 aromatic carbocycles. The smallest absolute Gasteiger partial charge is 0.326 e. The molecule has 7 heteroatoms.